The van der Waals surface area contributed by atoms with Crippen LogP contribution in [-0.2, 0) is 6.54 Å². The molecule has 0 fully saturated rings. The number of rotatable bonds is 3. The van der Waals surface area contributed by atoms with E-state index in [0.717, 1.165) is 16.9 Å². The van der Waals surface area contributed by atoms with Crippen LogP contribution < -0.4 is 0 Å². The molecule has 0 aliphatic rings. The monoisotopic (exact) mass is 308 g/mol. The lowest BCUT2D eigenvalue weighted by atomic mass is 10.2. The summed E-state index contributed by atoms with van der Waals surface area (Å²) in [5.41, 5.74) is 4.03. The normalized spacial score (nSPS) is 13.0. The van der Waals surface area contributed by atoms with Crippen molar-refractivity contribution in [3.05, 3.63) is 51.7 Å². The van der Waals surface area contributed by atoms with Crippen LogP contribution in [0.1, 0.15) is 29.3 Å². The van der Waals surface area contributed by atoms with Crippen molar-refractivity contribution in [2.45, 2.75) is 25.8 Å². The molecule has 0 N–H and O–H groups in total. The van der Waals surface area contributed by atoms with Gasteiger partial charge in [0, 0.05) is 0 Å². The fourth-order valence-corrected chi connectivity index (χ4v) is 3.32. The molecule has 0 spiro atoms. The second-order valence-electron chi connectivity index (χ2n) is 4.89. The third-order valence-corrected chi connectivity index (χ3v) is 4.49. The molecule has 3 aromatic rings. The van der Waals surface area contributed by atoms with Gasteiger partial charge >= 0.3 is 0 Å². The lowest BCUT2D eigenvalue weighted by molar-refractivity contribution is 0.628. The van der Waals surface area contributed by atoms with Gasteiger partial charge in [-0.2, -0.15) is 11.3 Å². The maximum atomic E-state index is 13.5. The molecular weight excluding hydrogens is 295 g/mol. The Morgan fingerprint density at radius 2 is 2.20 bits per heavy atom. The van der Waals surface area contributed by atoms with Crippen LogP contribution in [0.4, 0.5) is 4.39 Å². The molecule has 0 bridgehead atoms. The van der Waals surface area contributed by atoms with E-state index >= 15 is 0 Å². The van der Waals surface area contributed by atoms with E-state index in [0.29, 0.717) is 6.54 Å². The zero-order valence-electron chi connectivity index (χ0n) is 11.2. The molecule has 3 rings (SSSR count). The van der Waals surface area contributed by atoms with E-state index < -0.39 is 0 Å². The van der Waals surface area contributed by atoms with Gasteiger partial charge in [0.1, 0.15) is 11.6 Å². The maximum absolute atomic E-state index is 13.5. The van der Waals surface area contributed by atoms with Crippen LogP contribution in [0, 0.1) is 12.7 Å². The van der Waals surface area contributed by atoms with E-state index in [1.165, 1.54) is 23.3 Å². The first-order valence-corrected chi connectivity index (χ1v) is 7.75. The maximum Gasteiger partial charge on any atom is 0.128 e. The Morgan fingerprint density at radius 3 is 2.85 bits per heavy atom. The number of fused-ring (bicyclic) bond motifs is 1. The van der Waals surface area contributed by atoms with Crippen LogP contribution in [-0.4, -0.2) is 9.55 Å². The molecule has 2 aromatic heterocycles. The summed E-state index contributed by atoms with van der Waals surface area (Å²) >= 11 is 7.90. The van der Waals surface area contributed by atoms with Gasteiger partial charge in [0.05, 0.1) is 23.0 Å². The molecule has 0 amide bonds. The van der Waals surface area contributed by atoms with Crippen LogP contribution >= 0.6 is 22.9 Å². The van der Waals surface area contributed by atoms with Gasteiger partial charge in [0.2, 0.25) is 0 Å². The number of nitrogens with zero attached hydrogens (tertiary/aromatic N) is 2. The molecule has 20 heavy (non-hydrogen) atoms. The van der Waals surface area contributed by atoms with Crippen LogP contribution in [0.25, 0.3) is 11.0 Å². The highest BCUT2D eigenvalue weighted by Crippen LogP contribution is 2.27. The lowest BCUT2D eigenvalue weighted by Crippen LogP contribution is -2.06. The number of hydrogen-bond acceptors (Lipinski definition) is 2. The smallest absolute Gasteiger partial charge is 0.128 e. The van der Waals surface area contributed by atoms with Crippen molar-refractivity contribution in [1.82, 2.24) is 9.55 Å². The molecule has 1 unspecified atom stereocenters. The number of aromatic nitrogens is 2. The zero-order chi connectivity index (χ0) is 14.3. The Bertz CT molecular complexity index is 760. The Hall–Kier alpha value is -1.39. The molecule has 104 valence electrons. The summed E-state index contributed by atoms with van der Waals surface area (Å²) in [6.07, 6.45) is 0. The molecule has 1 atom stereocenters. The molecule has 0 aliphatic heterocycles. The topological polar surface area (TPSA) is 17.8 Å². The van der Waals surface area contributed by atoms with Crippen LogP contribution in [0.15, 0.2) is 29.0 Å². The highest BCUT2D eigenvalue weighted by molar-refractivity contribution is 7.08. The van der Waals surface area contributed by atoms with Gasteiger partial charge in [-0.1, -0.05) is 0 Å². The Labute approximate surface area is 125 Å². The molecule has 0 radical (unpaired) electrons. The molecule has 0 saturated carbocycles. The van der Waals surface area contributed by atoms with Crippen molar-refractivity contribution in [2.75, 3.05) is 0 Å². The predicted molar refractivity (Wildman–Crippen MR) is 82.1 cm³/mol. The van der Waals surface area contributed by atoms with Crippen LogP contribution in [0.5, 0.6) is 0 Å². The predicted octanol–water partition coefficient (Wildman–Crippen LogP) is 4.89. The largest absolute Gasteiger partial charge is 0.322 e. The summed E-state index contributed by atoms with van der Waals surface area (Å²) in [5.74, 6) is 0.521. The van der Waals surface area contributed by atoms with Gasteiger partial charge in [-0.05, 0) is 53.9 Å². The summed E-state index contributed by atoms with van der Waals surface area (Å²) < 4.78 is 15.5. The summed E-state index contributed by atoms with van der Waals surface area (Å²) in [5, 5.41) is 4.01. The van der Waals surface area contributed by atoms with Crippen molar-refractivity contribution < 1.29 is 4.39 Å². The van der Waals surface area contributed by atoms with E-state index in [4.69, 9.17) is 11.6 Å². The number of thiophene rings is 1. The van der Waals surface area contributed by atoms with Crippen molar-refractivity contribution in [3.63, 3.8) is 0 Å². The van der Waals surface area contributed by atoms with Gasteiger partial charge in [-0.3, -0.25) is 0 Å². The van der Waals surface area contributed by atoms with E-state index in [2.05, 4.69) is 22.7 Å². The van der Waals surface area contributed by atoms with Gasteiger partial charge in [0.15, 0.2) is 0 Å². The minimum Gasteiger partial charge on any atom is -0.322 e. The lowest BCUT2D eigenvalue weighted by Gasteiger charge is -2.10. The number of hydrogen-bond donors (Lipinski definition) is 0. The first-order chi connectivity index (χ1) is 9.56. The van der Waals surface area contributed by atoms with Gasteiger partial charge in [0.25, 0.3) is 0 Å². The van der Waals surface area contributed by atoms with E-state index in [-0.39, 0.29) is 11.2 Å². The molecule has 1 aromatic carbocycles. The quantitative estimate of drug-likeness (QED) is 0.630. The highest BCUT2D eigenvalue weighted by atomic mass is 35.5. The van der Waals surface area contributed by atoms with E-state index in [1.54, 1.807) is 17.4 Å². The van der Waals surface area contributed by atoms with E-state index in [9.17, 15) is 4.39 Å². The Kier molecular flexibility index (Phi) is 3.52. The highest BCUT2D eigenvalue weighted by Gasteiger charge is 2.16. The minimum atomic E-state index is -0.255. The number of halogens is 2. The average Bonchev–Trinajstić information content (AvgIpc) is 2.95. The summed E-state index contributed by atoms with van der Waals surface area (Å²) in [6, 6.07) is 4.65. The molecule has 2 nitrogen and oxygen atoms in total. The van der Waals surface area contributed by atoms with Crippen LogP contribution in [0.2, 0.25) is 0 Å². The van der Waals surface area contributed by atoms with Crippen LogP contribution in [0.3, 0.4) is 0 Å². The molecule has 0 aliphatic carbocycles. The fraction of sp³-hybridized carbons (Fsp3) is 0.267. The Balaban J connectivity index is 2.18. The first-order valence-electron chi connectivity index (χ1n) is 6.37. The number of imidazole rings is 1. The third-order valence-electron chi connectivity index (χ3n) is 3.39. The van der Waals surface area contributed by atoms with Crippen molar-refractivity contribution in [2.24, 2.45) is 0 Å². The summed E-state index contributed by atoms with van der Waals surface area (Å²) in [6.45, 7) is 4.63. The standard InChI is InChI=1S/C15H14ClFN2S/c1-9-7-20-8-11(9)6-19-14-5-12(17)3-4-13(14)18-15(19)10(2)16/h3-5,7-8,10H,6H2,1-2H3. The zero-order valence-corrected chi connectivity index (χ0v) is 12.8. The third kappa shape index (κ3) is 2.34. The Morgan fingerprint density at radius 1 is 1.40 bits per heavy atom. The number of aryl methyl sites for hydroxylation is 1. The molecule has 5 heteroatoms. The minimum absolute atomic E-state index is 0.218. The van der Waals surface area contributed by atoms with Gasteiger partial charge in [-0.15, -0.1) is 11.6 Å². The second kappa shape index (κ2) is 5.19. The molecule has 2 heterocycles. The van der Waals surface area contributed by atoms with Crippen molar-refractivity contribution in [3.8, 4) is 0 Å². The first kappa shape index (κ1) is 13.6. The molecular formula is C15H14ClFN2S. The van der Waals surface area contributed by atoms with Gasteiger partial charge < -0.3 is 4.57 Å². The van der Waals surface area contributed by atoms with E-state index in [1.807, 2.05) is 11.5 Å². The fourth-order valence-electron chi connectivity index (χ4n) is 2.30. The van der Waals surface area contributed by atoms with Crippen molar-refractivity contribution in [1.29, 1.82) is 0 Å². The molecule has 0 saturated heterocycles. The van der Waals surface area contributed by atoms with Gasteiger partial charge in [-0.25, -0.2) is 9.37 Å². The summed E-state index contributed by atoms with van der Waals surface area (Å²) in [7, 11) is 0. The average molecular weight is 309 g/mol. The summed E-state index contributed by atoms with van der Waals surface area (Å²) in [4.78, 5) is 4.53. The second-order valence-corrected chi connectivity index (χ2v) is 6.28. The SMILES string of the molecule is Cc1cscc1Cn1c(C(C)Cl)nc2ccc(F)cc21. The number of alkyl halides is 1. The van der Waals surface area contributed by atoms with Crippen molar-refractivity contribution >= 4 is 34.0 Å². The number of benzene rings is 1.